The van der Waals surface area contributed by atoms with Crippen LogP contribution in [0.2, 0.25) is 0 Å². The van der Waals surface area contributed by atoms with Gasteiger partial charge in [0.25, 0.3) is 5.69 Å². The molecule has 0 amide bonds. The molecule has 0 aromatic heterocycles. The third-order valence-corrected chi connectivity index (χ3v) is 2.48. The van der Waals surface area contributed by atoms with E-state index in [9.17, 15) is 14.9 Å². The van der Waals surface area contributed by atoms with Gasteiger partial charge in [0.1, 0.15) is 5.75 Å². The monoisotopic (exact) mass is 278 g/mol. The molecule has 0 aliphatic heterocycles. The Labute approximate surface area is 115 Å². The van der Waals surface area contributed by atoms with Crippen molar-refractivity contribution in [2.45, 2.75) is 6.54 Å². The number of carboxylic acid groups (broad SMARTS) is 1. The lowest BCUT2D eigenvalue weighted by Gasteiger charge is -2.17. The zero-order chi connectivity index (χ0) is 15.1. The molecule has 0 spiro atoms. The topological polar surface area (TPSA) is 92.9 Å². The average molecular weight is 278 g/mol. The van der Waals surface area contributed by atoms with Crippen molar-refractivity contribution in [1.82, 2.24) is 4.90 Å². The molecule has 7 nitrogen and oxygen atoms in total. The van der Waals surface area contributed by atoms with Gasteiger partial charge < -0.3 is 9.84 Å². The van der Waals surface area contributed by atoms with E-state index < -0.39 is 10.9 Å². The van der Waals surface area contributed by atoms with Crippen LogP contribution in [-0.4, -0.2) is 41.1 Å². The van der Waals surface area contributed by atoms with E-state index in [4.69, 9.17) is 16.3 Å². The summed E-state index contributed by atoms with van der Waals surface area (Å²) in [6.07, 6.45) is 5.18. The second-order valence-electron chi connectivity index (χ2n) is 4.04. The maximum absolute atomic E-state index is 10.8. The smallest absolute Gasteiger partial charge is 0.317 e. The van der Waals surface area contributed by atoms with E-state index in [-0.39, 0.29) is 25.3 Å². The number of nitro benzene ring substituents is 1. The molecule has 0 atom stereocenters. The molecule has 1 N–H and O–H groups in total. The summed E-state index contributed by atoms with van der Waals surface area (Å²) >= 11 is 0. The molecule has 0 fully saturated rings. The molecule has 106 valence electrons. The van der Waals surface area contributed by atoms with Crippen molar-refractivity contribution in [2.24, 2.45) is 0 Å². The van der Waals surface area contributed by atoms with Gasteiger partial charge in [-0.3, -0.25) is 19.8 Å². The molecule has 0 saturated heterocycles. The number of rotatable bonds is 7. The number of benzene rings is 1. The second-order valence-corrected chi connectivity index (χ2v) is 4.04. The number of methoxy groups -OCH3 is 1. The molecule has 0 aliphatic rings. The first-order valence-electron chi connectivity index (χ1n) is 5.66. The summed E-state index contributed by atoms with van der Waals surface area (Å²) in [5.41, 5.74) is 0.447. The number of carbonyl (C=O) groups is 1. The van der Waals surface area contributed by atoms with Crippen molar-refractivity contribution in [3.05, 3.63) is 33.9 Å². The van der Waals surface area contributed by atoms with Gasteiger partial charge in [0.15, 0.2) is 0 Å². The quantitative estimate of drug-likeness (QED) is 0.456. The molecule has 20 heavy (non-hydrogen) atoms. The summed E-state index contributed by atoms with van der Waals surface area (Å²) in [6.45, 7) is 0.0844. The highest BCUT2D eigenvalue weighted by Gasteiger charge is 2.14. The Balaban J connectivity index is 2.99. The Kier molecular flexibility index (Phi) is 5.50. The van der Waals surface area contributed by atoms with Crippen LogP contribution in [0.5, 0.6) is 5.75 Å². The van der Waals surface area contributed by atoms with Crippen molar-refractivity contribution in [3.63, 3.8) is 0 Å². The van der Waals surface area contributed by atoms with E-state index in [1.54, 1.807) is 6.07 Å². The molecule has 0 heterocycles. The van der Waals surface area contributed by atoms with E-state index in [1.807, 2.05) is 0 Å². The van der Waals surface area contributed by atoms with E-state index in [1.165, 1.54) is 24.1 Å². The Bertz CT molecular complexity index is 550. The summed E-state index contributed by atoms with van der Waals surface area (Å²) in [5.74, 6) is 1.68. The van der Waals surface area contributed by atoms with Crippen molar-refractivity contribution < 1.29 is 19.6 Å². The van der Waals surface area contributed by atoms with Gasteiger partial charge in [0.05, 0.1) is 31.2 Å². The minimum absolute atomic E-state index is 0.115. The number of aliphatic carboxylic acids is 1. The lowest BCUT2D eigenvalue weighted by molar-refractivity contribution is -0.385. The van der Waals surface area contributed by atoms with Crippen molar-refractivity contribution in [3.8, 4) is 18.1 Å². The third-order valence-electron chi connectivity index (χ3n) is 2.48. The second kappa shape index (κ2) is 7.11. The molecule has 0 saturated carbocycles. The molecule has 0 unspecified atom stereocenters. The van der Waals surface area contributed by atoms with Gasteiger partial charge in [0, 0.05) is 12.6 Å². The Hall–Kier alpha value is -2.59. The van der Waals surface area contributed by atoms with Crippen LogP contribution >= 0.6 is 0 Å². The first-order chi connectivity index (χ1) is 9.46. The van der Waals surface area contributed by atoms with Crippen LogP contribution in [0, 0.1) is 22.5 Å². The fourth-order valence-corrected chi connectivity index (χ4v) is 1.70. The summed E-state index contributed by atoms with van der Waals surface area (Å²) in [6, 6.07) is 4.28. The van der Waals surface area contributed by atoms with Gasteiger partial charge in [-0.2, -0.15) is 0 Å². The lowest BCUT2D eigenvalue weighted by atomic mass is 10.1. The van der Waals surface area contributed by atoms with Crippen LogP contribution in [0.15, 0.2) is 18.2 Å². The van der Waals surface area contributed by atoms with Gasteiger partial charge in [-0.15, -0.1) is 6.42 Å². The van der Waals surface area contributed by atoms with Gasteiger partial charge in [-0.05, 0) is 11.6 Å². The van der Waals surface area contributed by atoms with Crippen LogP contribution in [0.25, 0.3) is 0 Å². The molecule has 0 radical (unpaired) electrons. The number of hydrogen-bond acceptors (Lipinski definition) is 5. The zero-order valence-corrected chi connectivity index (χ0v) is 10.9. The number of terminal acetylenes is 1. The Morgan fingerprint density at radius 3 is 2.75 bits per heavy atom. The number of ether oxygens (including phenoxy) is 1. The standard InChI is InChI=1S/C13H14N2O5/c1-3-4-14(9-13(16)17)8-10-5-11(15(18)19)7-12(6-10)20-2/h1,5-7H,4,8-9H2,2H3,(H,16,17). The van der Waals surface area contributed by atoms with E-state index in [0.29, 0.717) is 11.3 Å². The van der Waals surface area contributed by atoms with Crippen LogP contribution < -0.4 is 4.74 Å². The minimum atomic E-state index is -1.02. The normalized spacial score (nSPS) is 10.1. The summed E-state index contributed by atoms with van der Waals surface area (Å²) < 4.78 is 4.99. The minimum Gasteiger partial charge on any atom is -0.496 e. The largest absolute Gasteiger partial charge is 0.496 e. The number of nitro groups is 1. The molecular formula is C13H14N2O5. The van der Waals surface area contributed by atoms with Crippen LogP contribution in [0.4, 0.5) is 5.69 Å². The van der Waals surface area contributed by atoms with E-state index in [0.717, 1.165) is 0 Å². The fraction of sp³-hybridized carbons (Fsp3) is 0.308. The van der Waals surface area contributed by atoms with Crippen LogP contribution in [0.1, 0.15) is 5.56 Å². The maximum atomic E-state index is 10.8. The number of carboxylic acids is 1. The molecule has 1 rings (SSSR count). The Morgan fingerprint density at radius 2 is 2.25 bits per heavy atom. The lowest BCUT2D eigenvalue weighted by Crippen LogP contribution is -2.29. The molecule has 1 aromatic carbocycles. The number of nitrogens with zero attached hydrogens (tertiary/aromatic N) is 2. The zero-order valence-electron chi connectivity index (χ0n) is 10.9. The maximum Gasteiger partial charge on any atom is 0.317 e. The van der Waals surface area contributed by atoms with Crippen molar-refractivity contribution in [2.75, 3.05) is 20.2 Å². The molecule has 7 heteroatoms. The third kappa shape index (κ3) is 4.59. The Morgan fingerprint density at radius 1 is 1.55 bits per heavy atom. The van der Waals surface area contributed by atoms with Gasteiger partial charge in [-0.1, -0.05) is 5.92 Å². The predicted octanol–water partition coefficient (Wildman–Crippen LogP) is 1.12. The first kappa shape index (κ1) is 15.5. The van der Waals surface area contributed by atoms with Gasteiger partial charge in [0.2, 0.25) is 0 Å². The highest BCUT2D eigenvalue weighted by Crippen LogP contribution is 2.23. The van der Waals surface area contributed by atoms with Gasteiger partial charge in [-0.25, -0.2) is 0 Å². The first-order valence-corrected chi connectivity index (χ1v) is 5.66. The average Bonchev–Trinajstić information content (AvgIpc) is 2.37. The molecule has 1 aromatic rings. The van der Waals surface area contributed by atoms with Crippen molar-refractivity contribution >= 4 is 11.7 Å². The highest BCUT2D eigenvalue weighted by atomic mass is 16.6. The highest BCUT2D eigenvalue weighted by molar-refractivity contribution is 5.69. The summed E-state index contributed by atoms with van der Waals surface area (Å²) in [5, 5.41) is 19.6. The predicted molar refractivity (Wildman–Crippen MR) is 71.4 cm³/mol. The van der Waals surface area contributed by atoms with Crippen LogP contribution in [0.3, 0.4) is 0 Å². The SMILES string of the molecule is C#CCN(CC(=O)O)Cc1cc(OC)cc([N+](=O)[O-])c1. The van der Waals surface area contributed by atoms with E-state index in [2.05, 4.69) is 5.92 Å². The van der Waals surface area contributed by atoms with E-state index >= 15 is 0 Å². The number of hydrogen-bond donors (Lipinski definition) is 1. The molecule has 0 bridgehead atoms. The van der Waals surface area contributed by atoms with Gasteiger partial charge >= 0.3 is 5.97 Å². The van der Waals surface area contributed by atoms with Crippen molar-refractivity contribution in [1.29, 1.82) is 0 Å². The fourth-order valence-electron chi connectivity index (χ4n) is 1.70. The summed E-state index contributed by atoms with van der Waals surface area (Å²) in [4.78, 5) is 22.5. The molecule has 0 aliphatic carbocycles. The summed E-state index contributed by atoms with van der Waals surface area (Å²) in [7, 11) is 1.40. The molecular weight excluding hydrogens is 264 g/mol. The number of non-ortho nitro benzene ring substituents is 1. The van der Waals surface area contributed by atoms with Crippen LogP contribution in [-0.2, 0) is 11.3 Å².